The Morgan fingerprint density at radius 1 is 1.29 bits per heavy atom. The van der Waals surface area contributed by atoms with E-state index in [1.807, 2.05) is 13.0 Å². The van der Waals surface area contributed by atoms with E-state index < -0.39 is 5.97 Å². The summed E-state index contributed by atoms with van der Waals surface area (Å²) in [5.74, 6) is -0.876. The van der Waals surface area contributed by atoms with Gasteiger partial charge in [0.1, 0.15) is 5.82 Å². The van der Waals surface area contributed by atoms with Crippen molar-refractivity contribution in [3.8, 4) is 11.1 Å². The molecule has 0 N–H and O–H groups in total. The molecular weight excluding hydrogens is 269 g/mol. The molecule has 0 fully saturated rings. The van der Waals surface area contributed by atoms with Crippen LogP contribution in [0.4, 0.5) is 4.39 Å². The summed E-state index contributed by atoms with van der Waals surface area (Å²) in [5.41, 5.74) is 3.11. The van der Waals surface area contributed by atoms with E-state index in [2.05, 4.69) is 4.98 Å². The van der Waals surface area contributed by atoms with Gasteiger partial charge < -0.3 is 4.74 Å². The van der Waals surface area contributed by atoms with Crippen molar-refractivity contribution in [1.29, 1.82) is 0 Å². The van der Waals surface area contributed by atoms with Crippen LogP contribution in [0.5, 0.6) is 0 Å². The number of halogens is 1. The van der Waals surface area contributed by atoms with Gasteiger partial charge in [0.2, 0.25) is 0 Å². The average molecular weight is 285 g/mol. The van der Waals surface area contributed by atoms with Crippen LogP contribution in [0.25, 0.3) is 17.2 Å². The molecule has 0 aliphatic heterocycles. The van der Waals surface area contributed by atoms with Gasteiger partial charge in [-0.05, 0) is 49.2 Å². The molecule has 2 aromatic rings. The van der Waals surface area contributed by atoms with E-state index >= 15 is 0 Å². The van der Waals surface area contributed by atoms with Crippen molar-refractivity contribution in [2.45, 2.75) is 13.8 Å². The monoisotopic (exact) mass is 285 g/mol. The van der Waals surface area contributed by atoms with Crippen LogP contribution in [0.1, 0.15) is 18.1 Å². The van der Waals surface area contributed by atoms with E-state index in [-0.39, 0.29) is 5.82 Å². The summed E-state index contributed by atoms with van der Waals surface area (Å²) in [6, 6.07) is 6.72. The average Bonchev–Trinajstić information content (AvgIpc) is 2.47. The first-order valence-electron chi connectivity index (χ1n) is 6.66. The molecule has 3 nitrogen and oxygen atoms in total. The Kier molecular flexibility index (Phi) is 4.82. The van der Waals surface area contributed by atoms with E-state index in [9.17, 15) is 9.18 Å². The fourth-order valence-electron chi connectivity index (χ4n) is 1.91. The van der Waals surface area contributed by atoms with Gasteiger partial charge in [-0.25, -0.2) is 9.18 Å². The highest BCUT2D eigenvalue weighted by Crippen LogP contribution is 2.23. The molecule has 1 heterocycles. The number of nitrogens with zero attached hydrogens (tertiary/aromatic N) is 1. The number of pyridine rings is 1. The number of aryl methyl sites for hydroxylation is 1. The number of carbonyl (C=O) groups excluding carboxylic acids is 1. The number of esters is 1. The highest BCUT2D eigenvalue weighted by molar-refractivity contribution is 5.87. The molecular formula is C17H16FNO2. The van der Waals surface area contributed by atoms with Crippen molar-refractivity contribution in [3.63, 3.8) is 0 Å². The van der Waals surface area contributed by atoms with Crippen LogP contribution in [0.15, 0.2) is 42.7 Å². The van der Waals surface area contributed by atoms with Gasteiger partial charge in [0.15, 0.2) is 0 Å². The highest BCUT2D eigenvalue weighted by Gasteiger charge is 2.04. The molecule has 0 saturated carbocycles. The summed E-state index contributed by atoms with van der Waals surface area (Å²) in [6.45, 7) is 3.96. The first-order valence-corrected chi connectivity index (χ1v) is 6.66. The maximum absolute atomic E-state index is 13.8. The van der Waals surface area contributed by atoms with Crippen molar-refractivity contribution in [3.05, 3.63) is 59.7 Å². The third-order valence-corrected chi connectivity index (χ3v) is 2.89. The summed E-state index contributed by atoms with van der Waals surface area (Å²) in [7, 11) is 0. The van der Waals surface area contributed by atoms with Crippen molar-refractivity contribution >= 4 is 12.0 Å². The molecule has 21 heavy (non-hydrogen) atoms. The molecule has 1 aromatic heterocycles. The number of carbonyl (C=O) groups is 1. The molecule has 0 atom stereocenters. The third kappa shape index (κ3) is 3.99. The number of ether oxygens (including phenoxy) is 1. The van der Waals surface area contributed by atoms with Crippen LogP contribution in [0, 0.1) is 12.7 Å². The summed E-state index contributed by atoms with van der Waals surface area (Å²) >= 11 is 0. The Bertz CT molecular complexity index is 680. The fourth-order valence-corrected chi connectivity index (χ4v) is 1.91. The minimum atomic E-state index is -0.487. The van der Waals surface area contributed by atoms with Crippen LogP contribution in [0.2, 0.25) is 0 Å². The summed E-state index contributed by atoms with van der Waals surface area (Å²) in [6.07, 6.45) is 6.12. The first kappa shape index (κ1) is 14.9. The first-order chi connectivity index (χ1) is 10.1. The third-order valence-electron chi connectivity index (χ3n) is 2.89. The summed E-state index contributed by atoms with van der Waals surface area (Å²) in [4.78, 5) is 15.4. The summed E-state index contributed by atoms with van der Waals surface area (Å²) < 4.78 is 18.6. The van der Waals surface area contributed by atoms with E-state index in [0.29, 0.717) is 12.2 Å². The number of hydrogen-bond acceptors (Lipinski definition) is 3. The van der Waals surface area contributed by atoms with E-state index in [1.54, 1.807) is 31.5 Å². The van der Waals surface area contributed by atoms with Crippen molar-refractivity contribution in [2.75, 3.05) is 6.61 Å². The minimum absolute atomic E-state index is 0.292. The second-order valence-electron chi connectivity index (χ2n) is 4.57. The second-order valence-corrected chi connectivity index (χ2v) is 4.57. The van der Waals surface area contributed by atoms with E-state index in [4.69, 9.17) is 4.74 Å². The number of benzene rings is 1. The van der Waals surface area contributed by atoms with Gasteiger partial charge in [-0.1, -0.05) is 6.07 Å². The topological polar surface area (TPSA) is 39.2 Å². The Balaban J connectivity index is 2.31. The lowest BCUT2D eigenvalue weighted by atomic mass is 10.0. The van der Waals surface area contributed by atoms with Crippen LogP contribution >= 0.6 is 0 Å². The van der Waals surface area contributed by atoms with Gasteiger partial charge in [-0.2, -0.15) is 0 Å². The predicted octanol–water partition coefficient (Wildman–Crippen LogP) is 3.77. The molecule has 0 unspecified atom stereocenters. The lowest BCUT2D eigenvalue weighted by molar-refractivity contribution is -0.137. The van der Waals surface area contributed by atoms with Gasteiger partial charge in [-0.15, -0.1) is 0 Å². The molecule has 0 radical (unpaired) electrons. The molecule has 1 aromatic carbocycles. The molecule has 0 aliphatic rings. The second kappa shape index (κ2) is 6.79. The lowest BCUT2D eigenvalue weighted by Crippen LogP contribution is -1.98. The maximum atomic E-state index is 13.8. The molecule has 108 valence electrons. The molecule has 0 spiro atoms. The number of rotatable bonds is 4. The quantitative estimate of drug-likeness (QED) is 0.634. The van der Waals surface area contributed by atoms with E-state index in [0.717, 1.165) is 16.7 Å². The zero-order chi connectivity index (χ0) is 15.2. The zero-order valence-corrected chi connectivity index (χ0v) is 12.0. The fraction of sp³-hybridized carbons (Fsp3) is 0.176. The largest absolute Gasteiger partial charge is 0.463 e. The van der Waals surface area contributed by atoms with Gasteiger partial charge in [0.05, 0.1) is 6.61 Å². The van der Waals surface area contributed by atoms with Gasteiger partial charge >= 0.3 is 5.97 Å². The predicted molar refractivity (Wildman–Crippen MR) is 80.0 cm³/mol. The standard InChI is InChI=1S/C17H16FNO2/c1-3-21-17(20)7-5-14-9-13(4-6-16(14)18)15-8-12(2)10-19-11-15/h4-11H,3H2,1-2H3/b7-5+. The maximum Gasteiger partial charge on any atom is 0.330 e. The van der Waals surface area contributed by atoms with Gasteiger partial charge in [0.25, 0.3) is 0 Å². The van der Waals surface area contributed by atoms with Crippen LogP contribution in [-0.4, -0.2) is 17.6 Å². The molecule has 0 bridgehead atoms. The Labute approximate surface area is 123 Å². The minimum Gasteiger partial charge on any atom is -0.463 e. The molecule has 0 saturated heterocycles. The molecule has 2 rings (SSSR count). The number of aromatic nitrogens is 1. The Morgan fingerprint density at radius 3 is 2.81 bits per heavy atom. The van der Waals surface area contributed by atoms with Crippen molar-refractivity contribution < 1.29 is 13.9 Å². The zero-order valence-electron chi connectivity index (χ0n) is 12.0. The van der Waals surface area contributed by atoms with E-state index in [1.165, 1.54) is 18.2 Å². The molecule has 0 amide bonds. The van der Waals surface area contributed by atoms with Crippen molar-refractivity contribution in [2.24, 2.45) is 0 Å². The van der Waals surface area contributed by atoms with Crippen LogP contribution < -0.4 is 0 Å². The summed E-state index contributed by atoms with van der Waals surface area (Å²) in [5, 5.41) is 0. The lowest BCUT2D eigenvalue weighted by Gasteiger charge is -2.05. The number of hydrogen-bond donors (Lipinski definition) is 0. The van der Waals surface area contributed by atoms with Crippen LogP contribution in [0.3, 0.4) is 0 Å². The smallest absolute Gasteiger partial charge is 0.330 e. The normalized spacial score (nSPS) is 10.8. The van der Waals surface area contributed by atoms with Crippen LogP contribution in [-0.2, 0) is 9.53 Å². The van der Waals surface area contributed by atoms with Gasteiger partial charge in [0, 0.05) is 29.6 Å². The SMILES string of the molecule is CCOC(=O)/C=C/c1cc(-c2cncc(C)c2)ccc1F. The highest BCUT2D eigenvalue weighted by atomic mass is 19.1. The Morgan fingerprint density at radius 2 is 2.10 bits per heavy atom. The van der Waals surface area contributed by atoms with Gasteiger partial charge in [-0.3, -0.25) is 4.98 Å². The molecule has 0 aliphatic carbocycles. The Hall–Kier alpha value is -2.49. The van der Waals surface area contributed by atoms with Crippen molar-refractivity contribution in [1.82, 2.24) is 4.98 Å². The molecule has 4 heteroatoms.